The van der Waals surface area contributed by atoms with Crippen molar-refractivity contribution in [2.45, 2.75) is 0 Å². The molecule has 0 spiro atoms. The molecule has 8 heavy (non-hydrogen) atoms. The molecule has 2 heterocycles. The first-order chi connectivity index (χ1) is 3.97. The van der Waals surface area contributed by atoms with Crippen LogP contribution in [0.2, 0.25) is 0 Å². The molecule has 0 aromatic carbocycles. The third-order valence-corrected chi connectivity index (χ3v) is 1.18. The maximum Gasteiger partial charge on any atom is 0.0900 e. The number of hydrogen-bond acceptors (Lipinski definition) is 2. The maximum atomic E-state index is 3.95. The summed E-state index contributed by atoms with van der Waals surface area (Å²) in [6.07, 6.45) is 5.36. The van der Waals surface area contributed by atoms with Crippen LogP contribution < -0.4 is 10.6 Å². The van der Waals surface area contributed by atoms with Crippen molar-refractivity contribution >= 4 is 6.20 Å². The van der Waals surface area contributed by atoms with Gasteiger partial charge in [-0.3, -0.25) is 9.98 Å². The summed E-state index contributed by atoms with van der Waals surface area (Å²) >= 11 is 0. The van der Waals surface area contributed by atoms with E-state index in [0.29, 0.717) is 0 Å². The Labute approximate surface area is 46.2 Å². The van der Waals surface area contributed by atoms with Gasteiger partial charge in [0.1, 0.15) is 0 Å². The SMILES string of the molecule is C1=c2ccncc2=N1. The smallest absolute Gasteiger partial charge is 0.0900 e. The van der Waals surface area contributed by atoms with E-state index in [9.17, 15) is 0 Å². The summed E-state index contributed by atoms with van der Waals surface area (Å²) in [6, 6.07) is 1.95. The summed E-state index contributed by atoms with van der Waals surface area (Å²) in [5.74, 6) is 0. The highest BCUT2D eigenvalue weighted by Gasteiger charge is 1.89. The minimum Gasteiger partial charge on any atom is -0.262 e. The highest BCUT2D eigenvalue weighted by atomic mass is 14.8. The molecule has 0 N–H and O–H groups in total. The molecule has 0 saturated heterocycles. The van der Waals surface area contributed by atoms with Crippen LogP contribution in [0.4, 0.5) is 0 Å². The first-order valence-corrected chi connectivity index (χ1v) is 2.45. The minimum atomic E-state index is 1.01. The van der Waals surface area contributed by atoms with Crippen molar-refractivity contribution < 1.29 is 0 Å². The van der Waals surface area contributed by atoms with Gasteiger partial charge < -0.3 is 0 Å². The van der Waals surface area contributed by atoms with Gasteiger partial charge in [0, 0.05) is 17.6 Å². The van der Waals surface area contributed by atoms with Gasteiger partial charge in [-0.2, -0.15) is 0 Å². The fourth-order valence-corrected chi connectivity index (χ4v) is 0.687. The van der Waals surface area contributed by atoms with E-state index in [1.54, 1.807) is 12.4 Å². The summed E-state index contributed by atoms with van der Waals surface area (Å²) in [6.45, 7) is 0. The predicted octanol–water partition coefficient (Wildman–Crippen LogP) is -0.547. The van der Waals surface area contributed by atoms with E-state index in [2.05, 4.69) is 9.98 Å². The van der Waals surface area contributed by atoms with Gasteiger partial charge in [-0.1, -0.05) is 0 Å². The molecule has 0 saturated carbocycles. The number of pyridine rings is 1. The van der Waals surface area contributed by atoms with Gasteiger partial charge in [-0.25, -0.2) is 0 Å². The molecule has 0 radical (unpaired) electrons. The molecular formula is C6H4N2. The molecule has 0 unspecified atom stereocenters. The first kappa shape index (κ1) is 3.78. The van der Waals surface area contributed by atoms with Crippen LogP contribution in [-0.2, 0) is 0 Å². The zero-order chi connectivity index (χ0) is 5.40. The Morgan fingerprint density at radius 2 is 2.38 bits per heavy atom. The molecule has 0 bridgehead atoms. The fourth-order valence-electron chi connectivity index (χ4n) is 0.687. The minimum absolute atomic E-state index is 1.01. The third kappa shape index (κ3) is 0.320. The van der Waals surface area contributed by atoms with Crippen molar-refractivity contribution in [2.75, 3.05) is 0 Å². The first-order valence-electron chi connectivity index (χ1n) is 2.45. The van der Waals surface area contributed by atoms with E-state index < -0.39 is 0 Å². The molecule has 0 amide bonds. The largest absolute Gasteiger partial charge is 0.262 e. The molecule has 0 fully saturated rings. The average Bonchev–Trinajstić information content (AvgIpc) is 1.72. The van der Waals surface area contributed by atoms with Crippen molar-refractivity contribution in [1.82, 2.24) is 4.98 Å². The van der Waals surface area contributed by atoms with Gasteiger partial charge in [0.05, 0.1) is 11.6 Å². The highest BCUT2D eigenvalue weighted by Crippen LogP contribution is 1.74. The Kier molecular flexibility index (Phi) is 0.545. The number of hydrogen-bond donors (Lipinski definition) is 0. The van der Waals surface area contributed by atoms with Gasteiger partial charge >= 0.3 is 0 Å². The van der Waals surface area contributed by atoms with Crippen LogP contribution in [0.5, 0.6) is 0 Å². The van der Waals surface area contributed by atoms with Crippen LogP contribution in [0.3, 0.4) is 0 Å². The Bertz CT molecular complexity index is 281. The number of nitrogens with zero attached hydrogens (tertiary/aromatic N) is 2. The van der Waals surface area contributed by atoms with E-state index in [1.165, 1.54) is 5.22 Å². The van der Waals surface area contributed by atoms with Crippen LogP contribution in [0.1, 0.15) is 0 Å². The molecule has 38 valence electrons. The van der Waals surface area contributed by atoms with E-state index >= 15 is 0 Å². The van der Waals surface area contributed by atoms with E-state index in [0.717, 1.165) is 5.36 Å². The topological polar surface area (TPSA) is 25.2 Å². The highest BCUT2D eigenvalue weighted by molar-refractivity contribution is 5.27. The predicted molar refractivity (Wildman–Crippen MR) is 29.5 cm³/mol. The third-order valence-electron chi connectivity index (χ3n) is 1.18. The van der Waals surface area contributed by atoms with Crippen molar-refractivity contribution in [2.24, 2.45) is 4.99 Å². The molecule has 2 heteroatoms. The molecule has 2 nitrogen and oxygen atoms in total. The lowest BCUT2D eigenvalue weighted by Gasteiger charge is -1.92. The lowest BCUT2D eigenvalue weighted by atomic mass is 10.3. The van der Waals surface area contributed by atoms with Crippen molar-refractivity contribution in [3.05, 3.63) is 29.0 Å². The molecule has 1 aliphatic rings. The zero-order valence-corrected chi connectivity index (χ0v) is 4.20. The van der Waals surface area contributed by atoms with Crippen LogP contribution in [-0.4, -0.2) is 4.98 Å². The molecule has 0 atom stereocenters. The lowest BCUT2D eigenvalue weighted by Crippen LogP contribution is -2.30. The second kappa shape index (κ2) is 1.15. The Hall–Kier alpha value is -1.18. The van der Waals surface area contributed by atoms with Crippen LogP contribution in [0.15, 0.2) is 23.5 Å². The van der Waals surface area contributed by atoms with Gasteiger partial charge in [-0.05, 0) is 6.07 Å². The molecule has 2 rings (SSSR count). The normalized spacial score (nSPS) is 12.5. The van der Waals surface area contributed by atoms with E-state index in [1.807, 2.05) is 12.3 Å². The van der Waals surface area contributed by atoms with Crippen LogP contribution in [0.25, 0.3) is 6.20 Å². The molecular weight excluding hydrogens is 100 g/mol. The van der Waals surface area contributed by atoms with Gasteiger partial charge in [0.25, 0.3) is 0 Å². The summed E-state index contributed by atoms with van der Waals surface area (Å²) in [4.78, 5) is 7.83. The van der Waals surface area contributed by atoms with Crippen LogP contribution >= 0.6 is 0 Å². The van der Waals surface area contributed by atoms with E-state index in [4.69, 9.17) is 0 Å². The Morgan fingerprint density at radius 1 is 1.38 bits per heavy atom. The van der Waals surface area contributed by atoms with Gasteiger partial charge in [-0.15, -0.1) is 0 Å². The second-order valence-corrected chi connectivity index (χ2v) is 1.69. The monoisotopic (exact) mass is 104 g/mol. The number of rotatable bonds is 0. The van der Waals surface area contributed by atoms with E-state index in [-0.39, 0.29) is 0 Å². The quantitative estimate of drug-likeness (QED) is 0.433. The number of aromatic nitrogens is 1. The molecule has 1 aromatic heterocycles. The van der Waals surface area contributed by atoms with Gasteiger partial charge in [0.15, 0.2) is 0 Å². The Morgan fingerprint density at radius 3 is 2.75 bits per heavy atom. The number of fused-ring (bicyclic) bond motifs is 1. The molecule has 0 aliphatic carbocycles. The van der Waals surface area contributed by atoms with Crippen molar-refractivity contribution in [1.29, 1.82) is 0 Å². The maximum absolute atomic E-state index is 3.95. The summed E-state index contributed by atoms with van der Waals surface area (Å²) in [5, 5.41) is 2.20. The zero-order valence-electron chi connectivity index (χ0n) is 4.20. The summed E-state index contributed by atoms with van der Waals surface area (Å²) in [5.41, 5.74) is 0. The lowest BCUT2D eigenvalue weighted by molar-refractivity contribution is 1.17. The van der Waals surface area contributed by atoms with Crippen molar-refractivity contribution in [3.63, 3.8) is 0 Å². The second-order valence-electron chi connectivity index (χ2n) is 1.69. The molecule has 1 aliphatic heterocycles. The van der Waals surface area contributed by atoms with Crippen molar-refractivity contribution in [3.8, 4) is 0 Å². The summed E-state index contributed by atoms with van der Waals surface area (Å²) in [7, 11) is 0. The Balaban J connectivity index is 3.01. The average molecular weight is 104 g/mol. The fraction of sp³-hybridized carbons (Fsp3) is 0. The molecule has 1 aromatic rings. The van der Waals surface area contributed by atoms with Gasteiger partial charge in [0.2, 0.25) is 0 Å². The standard InChI is InChI=1S/C6H4N2/c1-2-7-4-6-5(1)3-8-6/h1-4H. The summed E-state index contributed by atoms with van der Waals surface area (Å²) < 4.78 is 0. The van der Waals surface area contributed by atoms with Crippen LogP contribution in [0, 0.1) is 0 Å².